The Bertz CT molecular complexity index is 1440. The fourth-order valence-corrected chi connectivity index (χ4v) is 4.24. The van der Waals surface area contributed by atoms with Crippen molar-refractivity contribution in [3.05, 3.63) is 88.6 Å². The summed E-state index contributed by atoms with van der Waals surface area (Å²) in [6.07, 6.45) is -7.09. The molecule has 2 unspecified atom stereocenters. The number of alkyl halides is 6. The van der Waals surface area contributed by atoms with Crippen molar-refractivity contribution in [2.75, 3.05) is 20.8 Å². The molecule has 0 amide bonds. The van der Waals surface area contributed by atoms with E-state index in [9.17, 15) is 44.7 Å². The summed E-state index contributed by atoms with van der Waals surface area (Å²) >= 11 is 0. The molecule has 0 saturated carbocycles. The highest BCUT2D eigenvalue weighted by atomic mass is 35.5. The summed E-state index contributed by atoms with van der Waals surface area (Å²) < 4.78 is 112. The van der Waals surface area contributed by atoms with Gasteiger partial charge in [0.15, 0.2) is 0 Å². The van der Waals surface area contributed by atoms with Crippen molar-refractivity contribution in [3.8, 4) is 11.3 Å². The maximum absolute atomic E-state index is 13.9. The molecule has 2 aromatic carbocycles. The number of nitrogens with one attached hydrogen (secondary N) is 1. The van der Waals surface area contributed by atoms with Gasteiger partial charge in [-0.1, -0.05) is 6.07 Å². The molecule has 1 fully saturated rings. The summed E-state index contributed by atoms with van der Waals surface area (Å²) in [6.45, 7) is 0.477. The van der Waals surface area contributed by atoms with Gasteiger partial charge in [-0.05, 0) is 61.9 Å². The normalized spacial score (nSPS) is 16.3. The van der Waals surface area contributed by atoms with E-state index in [1.54, 1.807) is 0 Å². The topological polar surface area (TPSA) is 77.5 Å². The third-order valence-corrected chi connectivity index (χ3v) is 6.39. The first-order valence-electron chi connectivity index (χ1n) is 12.2. The molecule has 0 spiro atoms. The third kappa shape index (κ3) is 9.76. The average Bonchev–Trinajstić information content (AvgIpc) is 2.95. The van der Waals surface area contributed by atoms with E-state index >= 15 is 0 Å². The van der Waals surface area contributed by atoms with Gasteiger partial charge in [0, 0.05) is 23.4 Å². The van der Waals surface area contributed by atoms with Crippen LogP contribution in [0.25, 0.3) is 11.3 Å². The van der Waals surface area contributed by atoms with Crippen LogP contribution in [0, 0.1) is 17.6 Å². The first-order chi connectivity index (χ1) is 19.6. The molecule has 6 nitrogen and oxygen atoms in total. The van der Waals surface area contributed by atoms with Crippen molar-refractivity contribution in [2.45, 2.75) is 31.2 Å². The van der Waals surface area contributed by atoms with Crippen molar-refractivity contribution >= 4 is 36.8 Å². The first-order valence-corrected chi connectivity index (χ1v) is 12.2. The van der Waals surface area contributed by atoms with Gasteiger partial charge in [0.05, 0.1) is 42.5 Å². The standard InChI is InChI=1S/C14H15F4NO2.C14H9F4NO2.2ClH/c2*1-21-13(20)8-4-5-19-12(6-8)10-3-2-9(7-11(10)15)14(16,17)18;;/h2-3,7-8,12,19H,4-6H2,1H3;2-7H,1H3;2*1H. The van der Waals surface area contributed by atoms with E-state index in [0.29, 0.717) is 31.5 Å². The molecule has 1 aliphatic rings. The monoisotopic (exact) mass is 676 g/mol. The van der Waals surface area contributed by atoms with E-state index in [4.69, 9.17) is 0 Å². The Labute approximate surface area is 259 Å². The smallest absolute Gasteiger partial charge is 0.416 e. The average molecular weight is 677 g/mol. The van der Waals surface area contributed by atoms with Gasteiger partial charge in [-0.2, -0.15) is 26.3 Å². The van der Waals surface area contributed by atoms with Crippen LogP contribution in [-0.2, 0) is 26.6 Å². The molecule has 3 aromatic rings. The predicted octanol–water partition coefficient (Wildman–Crippen LogP) is 7.59. The Hall–Kier alpha value is -3.49. The number of carbonyl (C=O) groups is 2. The van der Waals surface area contributed by atoms with Gasteiger partial charge in [0.25, 0.3) is 0 Å². The number of rotatable bonds is 4. The lowest BCUT2D eigenvalue weighted by atomic mass is 9.88. The quantitative estimate of drug-likeness (QED) is 0.227. The fourth-order valence-electron chi connectivity index (χ4n) is 4.24. The number of aromatic nitrogens is 1. The zero-order valence-electron chi connectivity index (χ0n) is 22.9. The molecular weight excluding hydrogens is 651 g/mol. The van der Waals surface area contributed by atoms with Crippen LogP contribution in [0.15, 0.2) is 54.7 Å². The minimum atomic E-state index is -4.62. The lowest BCUT2D eigenvalue weighted by Gasteiger charge is -2.29. The number of esters is 2. The fraction of sp³-hybridized carbons (Fsp3) is 0.321. The van der Waals surface area contributed by atoms with Gasteiger partial charge < -0.3 is 14.8 Å². The minimum Gasteiger partial charge on any atom is -0.469 e. The van der Waals surface area contributed by atoms with Gasteiger partial charge in [0.1, 0.15) is 11.6 Å². The predicted molar refractivity (Wildman–Crippen MR) is 147 cm³/mol. The van der Waals surface area contributed by atoms with Crippen LogP contribution in [0.2, 0.25) is 0 Å². The summed E-state index contributed by atoms with van der Waals surface area (Å²) in [5.41, 5.74) is -1.94. The number of halogens is 10. The maximum atomic E-state index is 13.9. The van der Waals surface area contributed by atoms with Crippen molar-refractivity contribution in [3.63, 3.8) is 0 Å². The number of carbonyl (C=O) groups excluding carboxylic acids is 2. The molecular formula is C28H26Cl2F8N2O4. The van der Waals surface area contributed by atoms with Crippen LogP contribution in [-0.4, -0.2) is 37.7 Å². The molecule has 4 rings (SSSR count). The second-order valence-corrected chi connectivity index (χ2v) is 9.10. The summed E-state index contributed by atoms with van der Waals surface area (Å²) in [5.74, 6) is -3.39. The third-order valence-electron chi connectivity index (χ3n) is 6.39. The van der Waals surface area contributed by atoms with Gasteiger partial charge in [-0.15, -0.1) is 24.8 Å². The molecule has 16 heteroatoms. The van der Waals surface area contributed by atoms with E-state index in [-0.39, 0.29) is 59.1 Å². The Morgan fingerprint density at radius 1 is 0.841 bits per heavy atom. The Balaban J connectivity index is 0.000000421. The van der Waals surface area contributed by atoms with E-state index in [0.717, 1.165) is 24.3 Å². The van der Waals surface area contributed by atoms with Crippen molar-refractivity contribution in [1.82, 2.24) is 10.3 Å². The van der Waals surface area contributed by atoms with Crippen LogP contribution in [0.5, 0.6) is 0 Å². The summed E-state index contributed by atoms with van der Waals surface area (Å²) in [4.78, 5) is 26.7. The molecule has 2 heterocycles. The van der Waals surface area contributed by atoms with E-state index in [2.05, 4.69) is 19.8 Å². The number of pyridine rings is 1. The number of benzene rings is 2. The Morgan fingerprint density at radius 2 is 1.43 bits per heavy atom. The number of methoxy groups -OCH3 is 2. The van der Waals surface area contributed by atoms with Crippen LogP contribution in [0.3, 0.4) is 0 Å². The van der Waals surface area contributed by atoms with Gasteiger partial charge in [-0.25, -0.2) is 13.6 Å². The Morgan fingerprint density at radius 3 is 1.95 bits per heavy atom. The zero-order valence-corrected chi connectivity index (χ0v) is 24.5. The van der Waals surface area contributed by atoms with Crippen LogP contribution in [0.4, 0.5) is 35.1 Å². The number of hydrogen-bond donors (Lipinski definition) is 1. The summed E-state index contributed by atoms with van der Waals surface area (Å²) in [5, 5.41) is 3.01. The molecule has 1 aromatic heterocycles. The van der Waals surface area contributed by atoms with Gasteiger partial charge in [0.2, 0.25) is 0 Å². The van der Waals surface area contributed by atoms with Crippen LogP contribution < -0.4 is 5.32 Å². The number of ether oxygens (including phenoxy) is 2. The molecule has 0 aliphatic carbocycles. The Kier molecular flexibility index (Phi) is 14.0. The molecule has 44 heavy (non-hydrogen) atoms. The maximum Gasteiger partial charge on any atom is 0.416 e. The van der Waals surface area contributed by atoms with E-state index < -0.39 is 47.1 Å². The lowest BCUT2D eigenvalue weighted by molar-refractivity contribution is -0.146. The zero-order chi connectivity index (χ0) is 31.2. The SMILES string of the molecule is COC(=O)C1CCNC(c2ccc(C(F)(F)F)cc2F)C1.COC(=O)c1ccnc(-c2ccc(C(F)(F)F)cc2F)c1.Cl.Cl. The molecule has 1 N–H and O–H groups in total. The van der Waals surface area contributed by atoms with Crippen LogP contribution >= 0.6 is 24.8 Å². The summed E-state index contributed by atoms with van der Waals surface area (Å²) in [7, 11) is 2.46. The molecule has 0 radical (unpaired) electrons. The van der Waals surface area contributed by atoms with Gasteiger partial charge >= 0.3 is 24.3 Å². The highest BCUT2D eigenvalue weighted by Crippen LogP contribution is 2.35. The highest BCUT2D eigenvalue weighted by Gasteiger charge is 2.34. The highest BCUT2D eigenvalue weighted by molar-refractivity contribution is 5.90. The minimum absolute atomic E-state index is 0. The molecule has 2 atom stereocenters. The van der Waals surface area contributed by atoms with E-state index in [1.807, 2.05) is 0 Å². The number of nitrogens with zero attached hydrogens (tertiary/aromatic N) is 1. The number of piperidine rings is 1. The number of hydrogen-bond acceptors (Lipinski definition) is 6. The second-order valence-electron chi connectivity index (χ2n) is 9.10. The molecule has 1 aliphatic heterocycles. The lowest BCUT2D eigenvalue weighted by Crippen LogP contribution is -2.35. The molecule has 0 bridgehead atoms. The van der Waals surface area contributed by atoms with Crippen LogP contribution in [0.1, 0.15) is 45.9 Å². The first kappa shape index (κ1) is 38.5. The molecule has 1 saturated heterocycles. The summed E-state index contributed by atoms with van der Waals surface area (Å²) in [6, 6.07) is 6.68. The van der Waals surface area contributed by atoms with Gasteiger partial charge in [-0.3, -0.25) is 9.78 Å². The second kappa shape index (κ2) is 16.0. The van der Waals surface area contributed by atoms with Crippen molar-refractivity contribution < 1.29 is 54.2 Å². The molecule has 242 valence electrons. The van der Waals surface area contributed by atoms with Crippen molar-refractivity contribution in [2.24, 2.45) is 5.92 Å². The van der Waals surface area contributed by atoms with E-state index in [1.165, 1.54) is 32.5 Å². The largest absolute Gasteiger partial charge is 0.469 e. The van der Waals surface area contributed by atoms with Crippen molar-refractivity contribution in [1.29, 1.82) is 0 Å².